The van der Waals surface area contributed by atoms with Gasteiger partial charge in [-0.1, -0.05) is 6.92 Å². The highest BCUT2D eigenvalue weighted by molar-refractivity contribution is 5.88. The molecule has 0 aliphatic carbocycles. The molecule has 0 aliphatic rings. The summed E-state index contributed by atoms with van der Waals surface area (Å²) in [7, 11) is 1.30. The fourth-order valence-electron chi connectivity index (χ4n) is 0.941. The second-order valence-corrected chi connectivity index (χ2v) is 2.69. The maximum atomic E-state index is 11.1. The lowest BCUT2D eigenvalue weighted by atomic mass is 10.1. The van der Waals surface area contributed by atoms with Crippen molar-refractivity contribution in [3.63, 3.8) is 0 Å². The number of H-pyrrole nitrogens is 1. The molecule has 1 atom stereocenters. The molecule has 1 aromatic heterocycles. The van der Waals surface area contributed by atoms with Gasteiger partial charge in [-0.2, -0.15) is 10.3 Å². The number of hydrogen-bond acceptors (Lipinski definition) is 5. The van der Waals surface area contributed by atoms with Gasteiger partial charge in [-0.15, -0.1) is 5.10 Å². The number of carbonyl (C=O) groups excluding carboxylic acids is 1. The van der Waals surface area contributed by atoms with Gasteiger partial charge in [0.15, 0.2) is 5.69 Å². The number of nitrogens with one attached hydrogen (secondary N) is 1. The molecule has 6 nitrogen and oxygen atoms in total. The van der Waals surface area contributed by atoms with Gasteiger partial charge in [-0.25, -0.2) is 4.79 Å². The summed E-state index contributed by atoms with van der Waals surface area (Å²) >= 11 is 0. The summed E-state index contributed by atoms with van der Waals surface area (Å²) in [6.45, 7) is 2.28. The van der Waals surface area contributed by atoms with Gasteiger partial charge in [0.05, 0.1) is 7.11 Å². The molecular formula is C7H12N4O2. The summed E-state index contributed by atoms with van der Waals surface area (Å²) < 4.78 is 4.53. The summed E-state index contributed by atoms with van der Waals surface area (Å²) in [5.41, 5.74) is 6.20. The zero-order chi connectivity index (χ0) is 9.84. The molecule has 1 aromatic rings. The number of aromatic nitrogens is 3. The first-order valence-corrected chi connectivity index (χ1v) is 3.89. The Bertz CT molecular complexity index is 296. The molecule has 3 N–H and O–H groups in total. The molecule has 72 valence electrons. The minimum Gasteiger partial charge on any atom is -0.464 e. The first kappa shape index (κ1) is 9.66. The second-order valence-electron chi connectivity index (χ2n) is 2.69. The largest absolute Gasteiger partial charge is 0.464 e. The van der Waals surface area contributed by atoms with Crippen LogP contribution >= 0.6 is 0 Å². The normalized spacial score (nSPS) is 12.5. The van der Waals surface area contributed by atoms with Crippen molar-refractivity contribution in [3.8, 4) is 0 Å². The molecule has 0 fully saturated rings. The predicted molar refractivity (Wildman–Crippen MR) is 45.2 cm³/mol. The highest BCUT2D eigenvalue weighted by Gasteiger charge is 2.20. The maximum absolute atomic E-state index is 11.1. The summed E-state index contributed by atoms with van der Waals surface area (Å²) in [4.78, 5) is 11.1. The van der Waals surface area contributed by atoms with Gasteiger partial charge in [0.1, 0.15) is 5.69 Å². The van der Waals surface area contributed by atoms with Crippen LogP contribution in [0.5, 0.6) is 0 Å². The van der Waals surface area contributed by atoms with Crippen LogP contribution in [-0.2, 0) is 4.74 Å². The fourth-order valence-corrected chi connectivity index (χ4v) is 0.941. The number of esters is 1. The van der Waals surface area contributed by atoms with E-state index in [4.69, 9.17) is 5.73 Å². The van der Waals surface area contributed by atoms with Gasteiger partial charge in [0, 0.05) is 12.5 Å². The van der Waals surface area contributed by atoms with Crippen molar-refractivity contribution in [3.05, 3.63) is 11.4 Å². The van der Waals surface area contributed by atoms with Crippen molar-refractivity contribution in [1.29, 1.82) is 0 Å². The van der Waals surface area contributed by atoms with E-state index in [2.05, 4.69) is 20.1 Å². The Labute approximate surface area is 75.5 Å². The van der Waals surface area contributed by atoms with Gasteiger partial charge in [-0.05, 0) is 0 Å². The number of methoxy groups -OCH3 is 1. The van der Waals surface area contributed by atoms with Gasteiger partial charge < -0.3 is 10.5 Å². The van der Waals surface area contributed by atoms with E-state index in [9.17, 15) is 4.79 Å². The Kier molecular flexibility index (Phi) is 2.97. The van der Waals surface area contributed by atoms with E-state index in [1.807, 2.05) is 6.92 Å². The highest BCUT2D eigenvalue weighted by Crippen LogP contribution is 2.14. The molecule has 0 aliphatic heterocycles. The molecule has 0 spiro atoms. The smallest absolute Gasteiger partial charge is 0.360 e. The molecule has 0 bridgehead atoms. The number of rotatable bonds is 3. The average Bonchev–Trinajstić information content (AvgIpc) is 2.63. The van der Waals surface area contributed by atoms with E-state index in [-0.39, 0.29) is 11.6 Å². The van der Waals surface area contributed by atoms with Crippen LogP contribution in [0.15, 0.2) is 0 Å². The van der Waals surface area contributed by atoms with Crippen molar-refractivity contribution in [1.82, 2.24) is 15.4 Å². The number of ether oxygens (including phenoxy) is 1. The third-order valence-electron chi connectivity index (χ3n) is 1.77. The lowest BCUT2D eigenvalue weighted by molar-refractivity contribution is 0.0592. The molecule has 13 heavy (non-hydrogen) atoms. The van der Waals surface area contributed by atoms with Crippen LogP contribution in [0.4, 0.5) is 0 Å². The summed E-state index contributed by atoms with van der Waals surface area (Å²) in [5.74, 6) is -0.503. The van der Waals surface area contributed by atoms with Crippen molar-refractivity contribution in [2.75, 3.05) is 13.7 Å². The van der Waals surface area contributed by atoms with E-state index in [0.29, 0.717) is 12.2 Å². The SMILES string of the molecule is COC(=O)c1n[nH]nc1C(C)CN. The number of aromatic amines is 1. The predicted octanol–water partition coefficient (Wildman–Crippen LogP) is -0.346. The molecule has 1 heterocycles. The van der Waals surface area contributed by atoms with Gasteiger partial charge in [0.25, 0.3) is 0 Å². The topological polar surface area (TPSA) is 93.9 Å². The van der Waals surface area contributed by atoms with E-state index in [0.717, 1.165) is 0 Å². The minimum atomic E-state index is -0.496. The molecule has 0 radical (unpaired) electrons. The maximum Gasteiger partial charge on any atom is 0.360 e. The lowest BCUT2D eigenvalue weighted by Crippen LogP contribution is -2.14. The van der Waals surface area contributed by atoms with E-state index < -0.39 is 5.97 Å². The van der Waals surface area contributed by atoms with Gasteiger partial charge in [0.2, 0.25) is 0 Å². The molecule has 0 saturated carbocycles. The Morgan fingerprint density at radius 3 is 2.92 bits per heavy atom. The number of nitrogens with zero attached hydrogens (tertiary/aromatic N) is 2. The van der Waals surface area contributed by atoms with Crippen molar-refractivity contribution < 1.29 is 9.53 Å². The summed E-state index contributed by atoms with van der Waals surface area (Å²) in [5, 5.41) is 9.90. The Hall–Kier alpha value is -1.43. The van der Waals surface area contributed by atoms with Gasteiger partial charge >= 0.3 is 5.97 Å². The van der Waals surface area contributed by atoms with Crippen molar-refractivity contribution >= 4 is 5.97 Å². The van der Waals surface area contributed by atoms with Gasteiger partial charge in [-0.3, -0.25) is 0 Å². The highest BCUT2D eigenvalue weighted by atomic mass is 16.5. The summed E-state index contributed by atoms with van der Waals surface area (Å²) in [6, 6.07) is 0. The standard InChI is InChI=1S/C7H12N4O2/c1-4(3-8)5-6(7(12)13-2)10-11-9-5/h4H,3,8H2,1-2H3,(H,9,10,11). The third kappa shape index (κ3) is 1.83. The zero-order valence-electron chi connectivity index (χ0n) is 7.57. The Balaban J connectivity index is 2.95. The molecule has 1 unspecified atom stereocenters. The first-order chi connectivity index (χ1) is 6.20. The Morgan fingerprint density at radius 1 is 1.69 bits per heavy atom. The molecule has 0 saturated heterocycles. The molecular weight excluding hydrogens is 172 g/mol. The molecule has 1 rings (SSSR count). The Morgan fingerprint density at radius 2 is 2.38 bits per heavy atom. The van der Waals surface area contributed by atoms with E-state index >= 15 is 0 Å². The zero-order valence-corrected chi connectivity index (χ0v) is 7.57. The van der Waals surface area contributed by atoms with Crippen LogP contribution in [0.25, 0.3) is 0 Å². The molecule has 0 amide bonds. The average molecular weight is 184 g/mol. The van der Waals surface area contributed by atoms with Crippen LogP contribution in [0.3, 0.4) is 0 Å². The number of hydrogen-bond donors (Lipinski definition) is 2. The van der Waals surface area contributed by atoms with Crippen LogP contribution in [-0.4, -0.2) is 35.0 Å². The van der Waals surface area contributed by atoms with Crippen LogP contribution in [0.1, 0.15) is 29.0 Å². The van der Waals surface area contributed by atoms with E-state index in [1.165, 1.54) is 7.11 Å². The minimum absolute atomic E-state index is 0.00662. The van der Waals surface area contributed by atoms with Crippen LogP contribution in [0, 0.1) is 0 Å². The third-order valence-corrected chi connectivity index (χ3v) is 1.77. The molecule has 0 aromatic carbocycles. The monoisotopic (exact) mass is 184 g/mol. The number of carbonyl (C=O) groups is 1. The van der Waals surface area contributed by atoms with Crippen molar-refractivity contribution in [2.45, 2.75) is 12.8 Å². The quantitative estimate of drug-likeness (QED) is 0.626. The second kappa shape index (κ2) is 3.99. The van der Waals surface area contributed by atoms with Crippen LogP contribution < -0.4 is 5.73 Å². The lowest BCUT2D eigenvalue weighted by Gasteiger charge is -2.04. The van der Waals surface area contributed by atoms with Crippen molar-refractivity contribution in [2.24, 2.45) is 5.73 Å². The first-order valence-electron chi connectivity index (χ1n) is 3.89. The van der Waals surface area contributed by atoms with E-state index in [1.54, 1.807) is 0 Å². The summed E-state index contributed by atoms with van der Waals surface area (Å²) in [6.07, 6.45) is 0. The van der Waals surface area contributed by atoms with Crippen LogP contribution in [0.2, 0.25) is 0 Å². The number of nitrogens with two attached hydrogens (primary N) is 1. The molecule has 6 heteroatoms. The fraction of sp³-hybridized carbons (Fsp3) is 0.571.